The predicted molar refractivity (Wildman–Crippen MR) is 74.8 cm³/mol. The zero-order valence-electron chi connectivity index (χ0n) is 8.76. The maximum absolute atomic E-state index is 9.18. The maximum Gasteiger partial charge on any atom is 0.488 e. The Hall–Kier alpha value is -0.915. The third kappa shape index (κ3) is 1.86. The van der Waals surface area contributed by atoms with Crippen LogP contribution in [0.25, 0.3) is 20.3 Å². The van der Waals surface area contributed by atoms with Gasteiger partial charge >= 0.3 is 7.12 Å². The first-order valence-electron chi connectivity index (χ1n) is 4.97. The highest BCUT2D eigenvalue weighted by Crippen LogP contribution is 2.36. The van der Waals surface area contributed by atoms with Crippen molar-refractivity contribution in [1.29, 1.82) is 0 Å². The summed E-state index contributed by atoms with van der Waals surface area (Å²) >= 11 is 13.2. The lowest BCUT2D eigenvalue weighted by molar-refractivity contribution is 0.426. The molecule has 0 fully saturated rings. The lowest BCUT2D eigenvalue weighted by Crippen LogP contribution is -2.29. The molecule has 8 heteroatoms. The first kappa shape index (κ1) is 12.1. The number of benzene rings is 1. The highest BCUT2D eigenvalue weighted by atomic mass is 35.5. The Bertz CT molecular complexity index is 762. The van der Waals surface area contributed by atoms with Gasteiger partial charge in [0.05, 0.1) is 10.2 Å². The molecule has 0 atom stereocenters. The van der Waals surface area contributed by atoms with Crippen LogP contribution in [-0.2, 0) is 0 Å². The van der Waals surface area contributed by atoms with E-state index in [-0.39, 0.29) is 5.28 Å². The normalized spacial score (nSPS) is 11.3. The van der Waals surface area contributed by atoms with Gasteiger partial charge in [0.2, 0.25) is 5.28 Å². The lowest BCUT2D eigenvalue weighted by Gasteiger charge is -1.99. The van der Waals surface area contributed by atoms with Crippen LogP contribution < -0.4 is 5.46 Å². The van der Waals surface area contributed by atoms with Crippen molar-refractivity contribution in [3.05, 3.63) is 28.6 Å². The number of hydrogen-bond acceptors (Lipinski definition) is 5. The quantitative estimate of drug-likeness (QED) is 0.409. The number of halogens is 2. The molecule has 1 aromatic carbocycles. The molecule has 0 radical (unpaired) electrons. The van der Waals surface area contributed by atoms with Crippen molar-refractivity contribution >= 4 is 67.4 Å². The standard InChI is InChI=1S/C10H5BCl2N2O2S/c12-9-8-7(14-10(13)15-9)5-3-4(11(16)17)1-2-6(5)18-8/h1-3,16-17H. The van der Waals surface area contributed by atoms with Gasteiger partial charge in [-0.15, -0.1) is 11.3 Å². The highest BCUT2D eigenvalue weighted by molar-refractivity contribution is 7.26. The van der Waals surface area contributed by atoms with Crippen molar-refractivity contribution in [2.45, 2.75) is 0 Å². The molecule has 3 rings (SSSR count). The fourth-order valence-electron chi connectivity index (χ4n) is 1.76. The zero-order valence-corrected chi connectivity index (χ0v) is 11.1. The molecule has 0 spiro atoms. The van der Waals surface area contributed by atoms with E-state index in [1.54, 1.807) is 18.2 Å². The molecule has 0 saturated heterocycles. The summed E-state index contributed by atoms with van der Waals surface area (Å²) in [6.07, 6.45) is 0. The fraction of sp³-hybridized carbons (Fsp3) is 0. The minimum absolute atomic E-state index is 0.0714. The highest BCUT2D eigenvalue weighted by Gasteiger charge is 2.16. The van der Waals surface area contributed by atoms with E-state index >= 15 is 0 Å². The summed E-state index contributed by atoms with van der Waals surface area (Å²) in [7, 11) is -1.52. The van der Waals surface area contributed by atoms with E-state index in [0.29, 0.717) is 16.1 Å². The number of hydrogen-bond donors (Lipinski definition) is 2. The minimum Gasteiger partial charge on any atom is -0.423 e. The van der Waals surface area contributed by atoms with Gasteiger partial charge in [-0.1, -0.05) is 23.7 Å². The van der Waals surface area contributed by atoms with E-state index in [2.05, 4.69) is 9.97 Å². The molecule has 2 heterocycles. The Balaban J connectivity index is 2.43. The first-order valence-corrected chi connectivity index (χ1v) is 6.55. The summed E-state index contributed by atoms with van der Waals surface area (Å²) in [5.41, 5.74) is 1.02. The van der Waals surface area contributed by atoms with E-state index in [9.17, 15) is 10.0 Å². The Morgan fingerprint density at radius 3 is 2.67 bits per heavy atom. The first-order chi connectivity index (χ1) is 8.56. The van der Waals surface area contributed by atoms with E-state index in [1.807, 2.05) is 0 Å². The molecule has 0 aliphatic carbocycles. The average molecular weight is 299 g/mol. The Morgan fingerprint density at radius 1 is 1.17 bits per heavy atom. The average Bonchev–Trinajstić information content (AvgIpc) is 2.67. The summed E-state index contributed by atoms with van der Waals surface area (Å²) in [6, 6.07) is 5.10. The second-order valence-electron chi connectivity index (χ2n) is 3.69. The largest absolute Gasteiger partial charge is 0.488 e. The van der Waals surface area contributed by atoms with Crippen LogP contribution in [0.4, 0.5) is 0 Å². The third-order valence-electron chi connectivity index (χ3n) is 2.57. The molecule has 0 saturated carbocycles. The summed E-state index contributed by atoms with van der Waals surface area (Å²) in [5, 5.41) is 19.5. The maximum atomic E-state index is 9.18. The van der Waals surface area contributed by atoms with Gasteiger partial charge in [-0.05, 0) is 23.1 Å². The smallest absolute Gasteiger partial charge is 0.423 e. The van der Waals surface area contributed by atoms with Crippen LogP contribution in [0.2, 0.25) is 10.4 Å². The van der Waals surface area contributed by atoms with Crippen molar-refractivity contribution in [1.82, 2.24) is 9.97 Å². The fourth-order valence-corrected chi connectivity index (χ4v) is 3.26. The number of fused-ring (bicyclic) bond motifs is 3. The Morgan fingerprint density at radius 2 is 1.94 bits per heavy atom. The van der Waals surface area contributed by atoms with Crippen molar-refractivity contribution < 1.29 is 10.0 Å². The molecule has 90 valence electrons. The van der Waals surface area contributed by atoms with Crippen LogP contribution in [0.5, 0.6) is 0 Å². The van der Waals surface area contributed by atoms with Crippen molar-refractivity contribution in [2.24, 2.45) is 0 Å². The molecule has 0 bridgehead atoms. The molecule has 0 aliphatic rings. The Labute approximate surface area is 116 Å². The third-order valence-corrected chi connectivity index (χ3v) is 4.29. The molecular weight excluding hydrogens is 294 g/mol. The van der Waals surface area contributed by atoms with Crippen LogP contribution in [0.15, 0.2) is 18.2 Å². The molecule has 18 heavy (non-hydrogen) atoms. The van der Waals surface area contributed by atoms with Crippen LogP contribution in [0.3, 0.4) is 0 Å². The summed E-state index contributed by atoms with van der Waals surface area (Å²) < 4.78 is 1.67. The second kappa shape index (κ2) is 4.33. The SMILES string of the molecule is OB(O)c1ccc2sc3c(Cl)nc(Cl)nc3c2c1. The van der Waals surface area contributed by atoms with E-state index in [0.717, 1.165) is 14.8 Å². The van der Waals surface area contributed by atoms with Gasteiger partial charge < -0.3 is 10.0 Å². The molecule has 2 N–H and O–H groups in total. The number of thiophene rings is 1. The number of aromatic nitrogens is 2. The monoisotopic (exact) mass is 298 g/mol. The Kier molecular flexibility index (Phi) is 2.92. The molecular formula is C10H5BCl2N2O2S. The zero-order chi connectivity index (χ0) is 12.9. The minimum atomic E-state index is -1.52. The summed E-state index contributed by atoms with van der Waals surface area (Å²) in [4.78, 5) is 8.03. The predicted octanol–water partition coefficient (Wildman–Crippen LogP) is 1.83. The molecule has 3 aromatic rings. The topological polar surface area (TPSA) is 66.2 Å². The van der Waals surface area contributed by atoms with Crippen molar-refractivity contribution in [3.8, 4) is 0 Å². The van der Waals surface area contributed by atoms with E-state index in [1.165, 1.54) is 11.3 Å². The van der Waals surface area contributed by atoms with Gasteiger partial charge in [0.1, 0.15) is 0 Å². The van der Waals surface area contributed by atoms with Crippen molar-refractivity contribution in [3.63, 3.8) is 0 Å². The summed E-state index contributed by atoms with van der Waals surface area (Å²) in [6.45, 7) is 0. The summed E-state index contributed by atoms with van der Waals surface area (Å²) in [5.74, 6) is 0. The van der Waals surface area contributed by atoms with Crippen LogP contribution in [-0.4, -0.2) is 27.1 Å². The molecule has 0 unspecified atom stereocenters. The van der Waals surface area contributed by atoms with Gasteiger partial charge in [0, 0.05) is 10.1 Å². The van der Waals surface area contributed by atoms with Crippen LogP contribution in [0, 0.1) is 0 Å². The number of nitrogens with zero attached hydrogens (tertiary/aromatic N) is 2. The van der Waals surface area contributed by atoms with E-state index < -0.39 is 7.12 Å². The van der Waals surface area contributed by atoms with Crippen LogP contribution >= 0.6 is 34.5 Å². The second-order valence-corrected chi connectivity index (χ2v) is 5.44. The van der Waals surface area contributed by atoms with Gasteiger partial charge in [0.15, 0.2) is 5.15 Å². The van der Waals surface area contributed by atoms with Gasteiger partial charge in [-0.2, -0.15) is 0 Å². The lowest BCUT2D eigenvalue weighted by atomic mass is 9.80. The molecule has 0 amide bonds. The van der Waals surface area contributed by atoms with Crippen LogP contribution in [0.1, 0.15) is 0 Å². The van der Waals surface area contributed by atoms with Crippen molar-refractivity contribution in [2.75, 3.05) is 0 Å². The molecule has 0 aliphatic heterocycles. The molecule has 2 aromatic heterocycles. The van der Waals surface area contributed by atoms with Gasteiger partial charge in [0.25, 0.3) is 0 Å². The van der Waals surface area contributed by atoms with Gasteiger partial charge in [-0.25, -0.2) is 9.97 Å². The molecule has 4 nitrogen and oxygen atoms in total. The number of rotatable bonds is 1. The van der Waals surface area contributed by atoms with E-state index in [4.69, 9.17) is 23.2 Å². The van der Waals surface area contributed by atoms with Gasteiger partial charge in [-0.3, -0.25) is 0 Å².